The number of rotatable bonds is 1. The molecule has 1 saturated heterocycles. The standard InChI is InChI=1S/C5H10O6/c6-1-2-3(7)4(8)5(9,10)11-2/h2-4,6-10H,1H2/t2-,3?,4+/m1/s1. The van der Waals surface area contributed by atoms with Crippen molar-refractivity contribution >= 4 is 0 Å². The van der Waals surface area contributed by atoms with Crippen molar-refractivity contribution in [1.29, 1.82) is 0 Å². The van der Waals surface area contributed by atoms with Crippen LogP contribution in [0.2, 0.25) is 0 Å². The van der Waals surface area contributed by atoms with Crippen LogP contribution in [0.3, 0.4) is 0 Å². The minimum absolute atomic E-state index is 0.582. The zero-order valence-corrected chi connectivity index (χ0v) is 5.58. The van der Waals surface area contributed by atoms with Crippen LogP contribution in [0.15, 0.2) is 0 Å². The fourth-order valence-electron chi connectivity index (χ4n) is 0.933. The second-order valence-electron chi connectivity index (χ2n) is 2.43. The van der Waals surface area contributed by atoms with E-state index in [0.717, 1.165) is 0 Å². The van der Waals surface area contributed by atoms with Crippen LogP contribution in [0.1, 0.15) is 0 Å². The maximum Gasteiger partial charge on any atom is 0.308 e. The maximum atomic E-state index is 8.94. The number of hydrogen-bond acceptors (Lipinski definition) is 6. The average molecular weight is 166 g/mol. The van der Waals surface area contributed by atoms with Gasteiger partial charge in [-0.1, -0.05) is 0 Å². The molecule has 1 aliphatic rings. The zero-order valence-electron chi connectivity index (χ0n) is 5.58. The van der Waals surface area contributed by atoms with Crippen molar-refractivity contribution in [3.63, 3.8) is 0 Å². The fourth-order valence-corrected chi connectivity index (χ4v) is 0.933. The average Bonchev–Trinajstić information content (AvgIpc) is 2.13. The molecule has 0 aromatic heterocycles. The lowest BCUT2D eigenvalue weighted by Gasteiger charge is -2.17. The van der Waals surface area contributed by atoms with Gasteiger partial charge in [0.05, 0.1) is 6.61 Å². The third-order valence-electron chi connectivity index (χ3n) is 1.59. The van der Waals surface area contributed by atoms with Crippen LogP contribution in [0.5, 0.6) is 0 Å². The molecular weight excluding hydrogens is 156 g/mol. The third-order valence-corrected chi connectivity index (χ3v) is 1.59. The summed E-state index contributed by atoms with van der Waals surface area (Å²) in [5.74, 6) is -2.76. The van der Waals surface area contributed by atoms with E-state index in [-0.39, 0.29) is 0 Å². The zero-order chi connectivity index (χ0) is 8.65. The van der Waals surface area contributed by atoms with Crippen molar-refractivity contribution in [1.82, 2.24) is 0 Å². The molecular formula is C5H10O6. The van der Waals surface area contributed by atoms with Crippen molar-refractivity contribution < 1.29 is 30.3 Å². The molecule has 6 nitrogen and oxygen atoms in total. The Labute approximate surface area is 62.3 Å². The van der Waals surface area contributed by atoms with Gasteiger partial charge in [-0.15, -0.1) is 0 Å². The van der Waals surface area contributed by atoms with Crippen molar-refractivity contribution in [2.45, 2.75) is 24.3 Å². The molecule has 0 bridgehead atoms. The van der Waals surface area contributed by atoms with Gasteiger partial charge in [0, 0.05) is 0 Å². The van der Waals surface area contributed by atoms with Crippen LogP contribution in [0.4, 0.5) is 0 Å². The first-order chi connectivity index (χ1) is 4.99. The quantitative estimate of drug-likeness (QED) is 0.261. The summed E-state index contributed by atoms with van der Waals surface area (Å²) in [5.41, 5.74) is 0. The molecule has 1 unspecified atom stereocenters. The third kappa shape index (κ3) is 1.36. The molecule has 0 aromatic carbocycles. The molecule has 0 aliphatic carbocycles. The summed E-state index contributed by atoms with van der Waals surface area (Å²) < 4.78 is 4.28. The lowest BCUT2D eigenvalue weighted by molar-refractivity contribution is -0.355. The summed E-state index contributed by atoms with van der Waals surface area (Å²) in [7, 11) is 0. The molecule has 0 amide bonds. The fraction of sp³-hybridized carbons (Fsp3) is 1.00. The lowest BCUT2D eigenvalue weighted by atomic mass is 10.1. The molecule has 3 atom stereocenters. The molecule has 0 radical (unpaired) electrons. The Balaban J connectivity index is 2.69. The van der Waals surface area contributed by atoms with Crippen LogP contribution in [0, 0.1) is 0 Å². The SMILES string of the molecule is OC[C@H]1OC(O)(O)[C@@H](O)C1O. The maximum absolute atomic E-state index is 8.94. The minimum atomic E-state index is -2.76. The predicted molar refractivity (Wildman–Crippen MR) is 31.1 cm³/mol. The van der Waals surface area contributed by atoms with Gasteiger partial charge in [0.25, 0.3) is 0 Å². The highest BCUT2D eigenvalue weighted by molar-refractivity contribution is 4.88. The predicted octanol–water partition coefficient (Wildman–Crippen LogP) is -3.26. The van der Waals surface area contributed by atoms with Gasteiger partial charge >= 0.3 is 5.97 Å². The van der Waals surface area contributed by atoms with Crippen molar-refractivity contribution in [3.8, 4) is 0 Å². The summed E-state index contributed by atoms with van der Waals surface area (Å²) in [6, 6.07) is 0. The van der Waals surface area contributed by atoms with Gasteiger partial charge in [-0.05, 0) is 0 Å². The first kappa shape index (κ1) is 8.85. The van der Waals surface area contributed by atoms with E-state index in [1.807, 2.05) is 0 Å². The number of aliphatic hydroxyl groups is 5. The molecule has 11 heavy (non-hydrogen) atoms. The largest absolute Gasteiger partial charge is 0.394 e. The normalized spacial score (nSPS) is 42.8. The summed E-state index contributed by atoms with van der Waals surface area (Å²) in [6.07, 6.45) is -4.44. The van der Waals surface area contributed by atoms with Gasteiger partial charge in [-0.25, -0.2) is 0 Å². The van der Waals surface area contributed by atoms with E-state index < -0.39 is 30.9 Å². The van der Waals surface area contributed by atoms with E-state index >= 15 is 0 Å². The molecule has 1 fully saturated rings. The minimum Gasteiger partial charge on any atom is -0.394 e. The number of aliphatic hydroxyl groups excluding tert-OH is 3. The van der Waals surface area contributed by atoms with Gasteiger partial charge < -0.3 is 30.3 Å². The van der Waals surface area contributed by atoms with Crippen LogP contribution in [-0.2, 0) is 4.74 Å². The Morgan fingerprint density at radius 3 is 2.00 bits per heavy atom. The van der Waals surface area contributed by atoms with E-state index in [2.05, 4.69) is 4.74 Å². The Hall–Kier alpha value is -0.240. The molecule has 1 aliphatic heterocycles. The molecule has 1 rings (SSSR count). The molecule has 1 heterocycles. The molecule has 0 saturated carbocycles. The van der Waals surface area contributed by atoms with E-state index in [4.69, 9.17) is 25.5 Å². The summed E-state index contributed by atoms with van der Waals surface area (Å²) in [4.78, 5) is 0. The van der Waals surface area contributed by atoms with Gasteiger partial charge in [-0.3, -0.25) is 0 Å². The Morgan fingerprint density at radius 1 is 1.27 bits per heavy atom. The van der Waals surface area contributed by atoms with Crippen LogP contribution in [-0.4, -0.2) is 56.4 Å². The van der Waals surface area contributed by atoms with Gasteiger partial charge in [0.2, 0.25) is 0 Å². The second-order valence-corrected chi connectivity index (χ2v) is 2.43. The first-order valence-electron chi connectivity index (χ1n) is 3.08. The van der Waals surface area contributed by atoms with Gasteiger partial charge in [0.1, 0.15) is 12.2 Å². The molecule has 66 valence electrons. The van der Waals surface area contributed by atoms with E-state index in [1.165, 1.54) is 0 Å². The van der Waals surface area contributed by atoms with Crippen molar-refractivity contribution in [2.75, 3.05) is 6.61 Å². The molecule has 5 N–H and O–H groups in total. The Morgan fingerprint density at radius 2 is 1.82 bits per heavy atom. The summed E-state index contributed by atoms with van der Waals surface area (Å²) in [5, 5.41) is 43.7. The highest BCUT2D eigenvalue weighted by Crippen LogP contribution is 2.26. The highest BCUT2D eigenvalue weighted by Gasteiger charge is 2.52. The Kier molecular flexibility index (Phi) is 2.15. The molecule has 6 heteroatoms. The van der Waals surface area contributed by atoms with Crippen LogP contribution < -0.4 is 0 Å². The van der Waals surface area contributed by atoms with Gasteiger partial charge in [0.15, 0.2) is 6.10 Å². The first-order valence-corrected chi connectivity index (χ1v) is 3.08. The highest BCUT2D eigenvalue weighted by atomic mass is 16.8. The van der Waals surface area contributed by atoms with Crippen LogP contribution in [0.25, 0.3) is 0 Å². The smallest absolute Gasteiger partial charge is 0.308 e. The van der Waals surface area contributed by atoms with E-state index in [0.29, 0.717) is 0 Å². The summed E-state index contributed by atoms with van der Waals surface area (Å²) in [6.45, 7) is -0.582. The van der Waals surface area contributed by atoms with Crippen LogP contribution >= 0.6 is 0 Å². The van der Waals surface area contributed by atoms with E-state index in [1.54, 1.807) is 0 Å². The molecule has 0 spiro atoms. The number of hydrogen-bond donors (Lipinski definition) is 5. The van der Waals surface area contributed by atoms with Crippen molar-refractivity contribution in [3.05, 3.63) is 0 Å². The van der Waals surface area contributed by atoms with Crippen molar-refractivity contribution in [2.24, 2.45) is 0 Å². The summed E-state index contributed by atoms with van der Waals surface area (Å²) >= 11 is 0. The molecule has 0 aromatic rings. The topological polar surface area (TPSA) is 110 Å². The monoisotopic (exact) mass is 166 g/mol. The number of ether oxygens (including phenoxy) is 1. The lowest BCUT2D eigenvalue weighted by Crippen LogP contribution is -2.42. The Bertz CT molecular complexity index is 146. The van der Waals surface area contributed by atoms with E-state index in [9.17, 15) is 0 Å². The van der Waals surface area contributed by atoms with Gasteiger partial charge in [-0.2, -0.15) is 0 Å². The second kappa shape index (κ2) is 2.67.